The largest absolute Gasteiger partial charge is 0.321 e. The second-order valence-corrected chi connectivity index (χ2v) is 7.54. The van der Waals surface area contributed by atoms with E-state index in [0.717, 1.165) is 28.8 Å². The normalized spacial score (nSPS) is 11.0. The van der Waals surface area contributed by atoms with Gasteiger partial charge in [0.15, 0.2) is 5.69 Å². The molecule has 0 bridgehead atoms. The molecular formula is C20H22BrN5O. The summed E-state index contributed by atoms with van der Waals surface area (Å²) in [5.74, 6) is -0.269. The van der Waals surface area contributed by atoms with Gasteiger partial charge in [-0.25, -0.2) is 4.68 Å². The zero-order chi connectivity index (χ0) is 19.4. The van der Waals surface area contributed by atoms with Crippen molar-refractivity contribution in [1.29, 1.82) is 0 Å². The van der Waals surface area contributed by atoms with Crippen LogP contribution in [0, 0.1) is 6.92 Å². The van der Waals surface area contributed by atoms with Gasteiger partial charge >= 0.3 is 0 Å². The second kappa shape index (κ2) is 8.45. The lowest BCUT2D eigenvalue weighted by atomic mass is 10.1. The van der Waals surface area contributed by atoms with Gasteiger partial charge in [-0.2, -0.15) is 0 Å². The molecule has 2 aromatic carbocycles. The molecule has 0 aliphatic carbocycles. The third-order valence-electron chi connectivity index (χ3n) is 4.22. The molecule has 0 atom stereocenters. The summed E-state index contributed by atoms with van der Waals surface area (Å²) in [6.45, 7) is 2.82. The molecule has 1 N–H and O–H groups in total. The number of halogens is 1. The van der Waals surface area contributed by atoms with E-state index in [-0.39, 0.29) is 5.91 Å². The highest BCUT2D eigenvalue weighted by atomic mass is 79.9. The highest BCUT2D eigenvalue weighted by Crippen LogP contribution is 2.18. The van der Waals surface area contributed by atoms with Crippen molar-refractivity contribution in [1.82, 2.24) is 19.9 Å². The van der Waals surface area contributed by atoms with Crippen molar-refractivity contribution in [3.63, 3.8) is 0 Å². The number of amides is 1. The summed E-state index contributed by atoms with van der Waals surface area (Å²) in [5.41, 5.74) is 3.82. The van der Waals surface area contributed by atoms with Gasteiger partial charge in [0, 0.05) is 16.7 Å². The molecule has 1 aromatic heterocycles. The molecule has 1 amide bonds. The Kier molecular flexibility index (Phi) is 6.03. The molecule has 0 saturated carbocycles. The van der Waals surface area contributed by atoms with E-state index < -0.39 is 0 Å². The van der Waals surface area contributed by atoms with Crippen molar-refractivity contribution in [2.45, 2.75) is 13.3 Å². The van der Waals surface area contributed by atoms with Crippen molar-refractivity contribution >= 4 is 27.5 Å². The van der Waals surface area contributed by atoms with Gasteiger partial charge in [0.25, 0.3) is 5.91 Å². The van der Waals surface area contributed by atoms with E-state index in [2.05, 4.69) is 50.6 Å². The minimum Gasteiger partial charge on any atom is -0.321 e. The van der Waals surface area contributed by atoms with Crippen LogP contribution in [0.1, 0.15) is 21.7 Å². The predicted octanol–water partition coefficient (Wildman–Crippen LogP) is 3.69. The number of benzene rings is 2. The number of hydrogen-bond acceptors (Lipinski definition) is 4. The molecule has 1 heterocycles. The molecule has 0 saturated heterocycles. The fourth-order valence-corrected chi connectivity index (χ4v) is 3.08. The van der Waals surface area contributed by atoms with Crippen molar-refractivity contribution in [2.24, 2.45) is 0 Å². The summed E-state index contributed by atoms with van der Waals surface area (Å²) in [4.78, 5) is 14.7. The molecule has 0 fully saturated rings. The van der Waals surface area contributed by atoms with Crippen LogP contribution < -0.4 is 5.32 Å². The Hall–Kier alpha value is -2.51. The van der Waals surface area contributed by atoms with Gasteiger partial charge < -0.3 is 10.2 Å². The Labute approximate surface area is 167 Å². The zero-order valence-corrected chi connectivity index (χ0v) is 17.2. The molecule has 3 aromatic rings. The maximum atomic E-state index is 12.6. The number of anilines is 1. The van der Waals surface area contributed by atoms with Gasteiger partial charge in [-0.15, -0.1) is 5.10 Å². The lowest BCUT2D eigenvalue weighted by Gasteiger charge is -2.10. The molecule has 0 radical (unpaired) electrons. The van der Waals surface area contributed by atoms with E-state index in [1.54, 1.807) is 4.68 Å². The molecular weight excluding hydrogens is 406 g/mol. The third-order valence-corrected chi connectivity index (χ3v) is 4.72. The number of likely N-dealkylation sites (N-methyl/N-ethyl adjacent to an activating group) is 1. The lowest BCUT2D eigenvalue weighted by Crippen LogP contribution is -2.15. The van der Waals surface area contributed by atoms with E-state index in [1.807, 2.05) is 55.5 Å². The van der Waals surface area contributed by atoms with Crippen molar-refractivity contribution < 1.29 is 4.79 Å². The SMILES string of the molecule is Cc1c(C(=O)Nc2ccc(CCN(C)C)cc2)nnn1-c1cccc(Br)c1. The Morgan fingerprint density at radius 3 is 2.59 bits per heavy atom. The van der Waals surface area contributed by atoms with Crippen LogP contribution in [0.25, 0.3) is 5.69 Å². The minimum absolute atomic E-state index is 0.269. The monoisotopic (exact) mass is 427 g/mol. The average molecular weight is 428 g/mol. The molecule has 0 aliphatic heterocycles. The van der Waals surface area contributed by atoms with Gasteiger partial charge in [0.2, 0.25) is 0 Å². The van der Waals surface area contributed by atoms with Crippen molar-refractivity contribution in [3.05, 3.63) is 70.0 Å². The fourth-order valence-electron chi connectivity index (χ4n) is 2.69. The van der Waals surface area contributed by atoms with Crippen LogP contribution in [0.2, 0.25) is 0 Å². The highest BCUT2D eigenvalue weighted by Gasteiger charge is 2.17. The van der Waals surface area contributed by atoms with Crippen LogP contribution in [-0.2, 0) is 6.42 Å². The molecule has 0 aliphatic rings. The zero-order valence-electron chi connectivity index (χ0n) is 15.6. The van der Waals surface area contributed by atoms with E-state index in [1.165, 1.54) is 5.56 Å². The maximum Gasteiger partial charge on any atom is 0.278 e. The first kappa shape index (κ1) is 19.3. The van der Waals surface area contributed by atoms with Crippen LogP contribution in [0.15, 0.2) is 53.0 Å². The smallest absolute Gasteiger partial charge is 0.278 e. The lowest BCUT2D eigenvalue weighted by molar-refractivity contribution is 0.102. The molecule has 6 nitrogen and oxygen atoms in total. The van der Waals surface area contributed by atoms with Gasteiger partial charge in [-0.3, -0.25) is 4.79 Å². The summed E-state index contributed by atoms with van der Waals surface area (Å²) in [7, 11) is 4.11. The Morgan fingerprint density at radius 2 is 1.93 bits per heavy atom. The van der Waals surface area contributed by atoms with E-state index in [0.29, 0.717) is 11.4 Å². The average Bonchev–Trinajstić information content (AvgIpc) is 3.02. The number of rotatable bonds is 6. The first-order valence-corrected chi connectivity index (χ1v) is 9.46. The first-order valence-electron chi connectivity index (χ1n) is 8.67. The topological polar surface area (TPSA) is 63.1 Å². The van der Waals surface area contributed by atoms with Gasteiger partial charge in [0.1, 0.15) is 0 Å². The number of carbonyl (C=O) groups excluding carboxylic acids is 1. The molecule has 0 spiro atoms. The molecule has 0 unspecified atom stereocenters. The molecule has 3 rings (SSSR count). The van der Waals surface area contributed by atoms with Crippen LogP contribution >= 0.6 is 15.9 Å². The number of aromatic nitrogens is 3. The maximum absolute atomic E-state index is 12.6. The second-order valence-electron chi connectivity index (χ2n) is 6.62. The number of carbonyl (C=O) groups is 1. The first-order chi connectivity index (χ1) is 12.9. The van der Waals surface area contributed by atoms with Crippen LogP contribution in [-0.4, -0.2) is 46.4 Å². The van der Waals surface area contributed by atoms with E-state index in [4.69, 9.17) is 0 Å². The molecule has 140 valence electrons. The van der Waals surface area contributed by atoms with Crippen LogP contribution in [0.4, 0.5) is 5.69 Å². The number of nitrogens with zero attached hydrogens (tertiary/aromatic N) is 4. The Balaban J connectivity index is 1.71. The minimum atomic E-state index is -0.269. The fraction of sp³-hybridized carbons (Fsp3) is 0.250. The van der Waals surface area contributed by atoms with Crippen LogP contribution in [0.3, 0.4) is 0 Å². The quantitative estimate of drug-likeness (QED) is 0.651. The van der Waals surface area contributed by atoms with Crippen molar-refractivity contribution in [2.75, 3.05) is 26.0 Å². The molecule has 7 heteroatoms. The Bertz CT molecular complexity index is 934. The predicted molar refractivity (Wildman–Crippen MR) is 110 cm³/mol. The summed E-state index contributed by atoms with van der Waals surface area (Å²) in [6, 6.07) is 15.6. The van der Waals surface area contributed by atoms with Crippen LogP contribution in [0.5, 0.6) is 0 Å². The van der Waals surface area contributed by atoms with Crippen molar-refractivity contribution in [3.8, 4) is 5.69 Å². The standard InChI is InChI=1S/C20H22BrN5O/c1-14-19(23-24-26(14)18-6-4-5-16(21)13-18)20(27)22-17-9-7-15(8-10-17)11-12-25(2)3/h4-10,13H,11-12H2,1-3H3,(H,22,27). The summed E-state index contributed by atoms with van der Waals surface area (Å²) < 4.78 is 2.60. The van der Waals surface area contributed by atoms with Gasteiger partial charge in [0.05, 0.1) is 11.4 Å². The van der Waals surface area contributed by atoms with E-state index in [9.17, 15) is 4.79 Å². The number of nitrogens with one attached hydrogen (secondary N) is 1. The van der Waals surface area contributed by atoms with Gasteiger partial charge in [-0.05, 0) is 63.3 Å². The highest BCUT2D eigenvalue weighted by molar-refractivity contribution is 9.10. The summed E-state index contributed by atoms with van der Waals surface area (Å²) >= 11 is 3.45. The summed E-state index contributed by atoms with van der Waals surface area (Å²) in [6.07, 6.45) is 0.974. The summed E-state index contributed by atoms with van der Waals surface area (Å²) in [5, 5.41) is 11.1. The van der Waals surface area contributed by atoms with E-state index >= 15 is 0 Å². The Morgan fingerprint density at radius 1 is 1.19 bits per heavy atom. The molecule has 27 heavy (non-hydrogen) atoms. The van der Waals surface area contributed by atoms with Gasteiger partial charge in [-0.1, -0.05) is 39.3 Å². The number of hydrogen-bond donors (Lipinski definition) is 1. The third kappa shape index (κ3) is 4.81.